The third kappa shape index (κ3) is 3.53. The van der Waals surface area contributed by atoms with E-state index in [-0.39, 0.29) is 12.1 Å². The lowest BCUT2D eigenvalue weighted by atomic mass is 9.71. The highest BCUT2D eigenvalue weighted by Gasteiger charge is 2.45. The Kier molecular flexibility index (Phi) is 4.45. The zero-order valence-corrected chi connectivity index (χ0v) is 13.3. The molecule has 0 aliphatic heterocycles. The number of ether oxygens (including phenoxy) is 2. The lowest BCUT2D eigenvalue weighted by Gasteiger charge is -2.39. The number of hydrogen-bond acceptors (Lipinski definition) is 4. The van der Waals surface area contributed by atoms with Gasteiger partial charge in [-0.3, -0.25) is 4.79 Å². The minimum absolute atomic E-state index is 0.102. The van der Waals surface area contributed by atoms with Gasteiger partial charge in [0.05, 0.1) is 19.3 Å². The average molecular weight is 283 g/mol. The van der Waals surface area contributed by atoms with E-state index in [0.29, 0.717) is 30.3 Å². The van der Waals surface area contributed by atoms with Gasteiger partial charge in [-0.25, -0.2) is 0 Å². The monoisotopic (exact) mass is 283 g/mol. The molecule has 2 fully saturated rings. The van der Waals surface area contributed by atoms with Crippen LogP contribution in [0.3, 0.4) is 0 Å². The van der Waals surface area contributed by atoms with E-state index in [1.807, 2.05) is 0 Å². The molecule has 2 rings (SSSR count). The van der Waals surface area contributed by atoms with Crippen molar-refractivity contribution in [2.75, 3.05) is 7.11 Å². The van der Waals surface area contributed by atoms with Crippen molar-refractivity contribution in [3.8, 4) is 0 Å². The Morgan fingerprint density at radius 3 is 2.50 bits per heavy atom. The molecule has 116 valence electrons. The van der Waals surface area contributed by atoms with E-state index in [1.54, 1.807) is 0 Å². The molecule has 0 heterocycles. The van der Waals surface area contributed by atoms with Gasteiger partial charge in [-0.1, -0.05) is 20.8 Å². The van der Waals surface area contributed by atoms with Crippen LogP contribution in [0.1, 0.15) is 59.3 Å². The van der Waals surface area contributed by atoms with Gasteiger partial charge in [-0.15, -0.1) is 0 Å². The maximum absolute atomic E-state index is 11.7. The van der Waals surface area contributed by atoms with Crippen molar-refractivity contribution < 1.29 is 14.3 Å². The number of rotatable bonds is 3. The third-order valence-corrected chi connectivity index (χ3v) is 4.83. The van der Waals surface area contributed by atoms with E-state index >= 15 is 0 Å². The highest BCUT2D eigenvalue weighted by Crippen LogP contribution is 2.41. The molecule has 0 saturated heterocycles. The van der Waals surface area contributed by atoms with Crippen LogP contribution in [0.25, 0.3) is 0 Å². The Balaban J connectivity index is 1.90. The second kappa shape index (κ2) is 5.64. The summed E-state index contributed by atoms with van der Waals surface area (Å²) in [7, 11) is 1.40. The molecule has 4 atom stereocenters. The van der Waals surface area contributed by atoms with E-state index in [2.05, 4.69) is 20.8 Å². The summed E-state index contributed by atoms with van der Waals surface area (Å²) in [5.74, 6) is 0.398. The van der Waals surface area contributed by atoms with Gasteiger partial charge in [0.1, 0.15) is 5.54 Å². The Hall–Kier alpha value is -0.610. The smallest absolute Gasteiger partial charge is 0.325 e. The van der Waals surface area contributed by atoms with Crippen LogP contribution in [0.2, 0.25) is 0 Å². The molecular formula is C16H29NO3. The molecule has 0 aromatic heterocycles. The number of methoxy groups -OCH3 is 1. The SMILES string of the molecule is COC(=O)C1(N)CCC(OC2CC(C)CC(C)(C)C2)C1. The summed E-state index contributed by atoms with van der Waals surface area (Å²) in [4.78, 5) is 11.7. The largest absolute Gasteiger partial charge is 0.468 e. The van der Waals surface area contributed by atoms with Crippen molar-refractivity contribution in [3.63, 3.8) is 0 Å². The van der Waals surface area contributed by atoms with Crippen LogP contribution in [0.4, 0.5) is 0 Å². The Labute approximate surface area is 122 Å². The molecule has 2 aliphatic carbocycles. The molecule has 2 N–H and O–H groups in total. The summed E-state index contributed by atoms with van der Waals surface area (Å²) in [5, 5.41) is 0. The fourth-order valence-corrected chi connectivity index (χ4v) is 4.17. The molecule has 0 aromatic carbocycles. The first-order valence-electron chi connectivity index (χ1n) is 7.77. The first-order valence-corrected chi connectivity index (χ1v) is 7.77. The molecule has 2 saturated carbocycles. The van der Waals surface area contributed by atoms with Gasteiger partial charge in [-0.05, 0) is 43.4 Å². The van der Waals surface area contributed by atoms with Gasteiger partial charge in [0.25, 0.3) is 0 Å². The van der Waals surface area contributed by atoms with Gasteiger partial charge in [-0.2, -0.15) is 0 Å². The molecule has 4 nitrogen and oxygen atoms in total. The molecule has 2 aliphatic rings. The molecule has 0 radical (unpaired) electrons. The highest BCUT2D eigenvalue weighted by molar-refractivity contribution is 5.80. The third-order valence-electron chi connectivity index (χ3n) is 4.83. The van der Waals surface area contributed by atoms with Crippen molar-refractivity contribution in [2.24, 2.45) is 17.1 Å². The molecule has 4 heteroatoms. The summed E-state index contributed by atoms with van der Waals surface area (Å²) in [5.41, 5.74) is 5.65. The van der Waals surface area contributed by atoms with Crippen LogP contribution in [0, 0.1) is 11.3 Å². The summed E-state index contributed by atoms with van der Waals surface area (Å²) in [6, 6.07) is 0. The van der Waals surface area contributed by atoms with Crippen molar-refractivity contribution >= 4 is 5.97 Å². The van der Waals surface area contributed by atoms with Gasteiger partial charge in [0.15, 0.2) is 0 Å². The van der Waals surface area contributed by atoms with E-state index in [0.717, 1.165) is 19.3 Å². The van der Waals surface area contributed by atoms with Crippen molar-refractivity contribution in [3.05, 3.63) is 0 Å². The standard InChI is InChI=1S/C16H29NO3/c1-11-7-13(9-15(2,3)8-11)20-12-5-6-16(17,10-12)14(18)19-4/h11-13H,5-10,17H2,1-4H3. The van der Waals surface area contributed by atoms with E-state index in [4.69, 9.17) is 15.2 Å². The number of carbonyl (C=O) groups excluding carboxylic acids is 1. The van der Waals surface area contributed by atoms with E-state index in [9.17, 15) is 4.79 Å². The van der Waals surface area contributed by atoms with E-state index < -0.39 is 5.54 Å². The predicted octanol–water partition coefficient (Wildman–Crippen LogP) is 2.64. The highest BCUT2D eigenvalue weighted by atomic mass is 16.5. The van der Waals surface area contributed by atoms with Crippen molar-refractivity contribution in [1.82, 2.24) is 0 Å². The van der Waals surface area contributed by atoms with E-state index in [1.165, 1.54) is 13.5 Å². The van der Waals surface area contributed by atoms with Gasteiger partial charge >= 0.3 is 5.97 Å². The zero-order valence-electron chi connectivity index (χ0n) is 13.3. The summed E-state index contributed by atoms with van der Waals surface area (Å²) in [6.07, 6.45) is 6.00. The van der Waals surface area contributed by atoms with Crippen LogP contribution < -0.4 is 5.73 Å². The van der Waals surface area contributed by atoms with Crippen LogP contribution in [0.15, 0.2) is 0 Å². The number of carbonyl (C=O) groups is 1. The fraction of sp³-hybridized carbons (Fsp3) is 0.938. The lowest BCUT2D eigenvalue weighted by Crippen LogP contribution is -2.47. The maximum atomic E-state index is 11.7. The quantitative estimate of drug-likeness (QED) is 0.809. The minimum atomic E-state index is -0.838. The molecule has 0 spiro atoms. The number of esters is 1. The summed E-state index contributed by atoms with van der Waals surface area (Å²) in [6.45, 7) is 6.93. The first kappa shape index (κ1) is 15.8. The average Bonchev–Trinajstić information content (AvgIpc) is 2.68. The Morgan fingerprint density at radius 1 is 1.20 bits per heavy atom. The second-order valence-corrected chi connectivity index (χ2v) is 7.68. The van der Waals surface area contributed by atoms with Crippen molar-refractivity contribution in [1.29, 1.82) is 0 Å². The molecule has 0 bridgehead atoms. The first-order chi connectivity index (χ1) is 9.24. The predicted molar refractivity (Wildman–Crippen MR) is 78.2 cm³/mol. The molecule has 0 aromatic rings. The molecular weight excluding hydrogens is 254 g/mol. The van der Waals surface area contributed by atoms with Crippen molar-refractivity contribution in [2.45, 2.75) is 77.0 Å². The number of hydrogen-bond donors (Lipinski definition) is 1. The maximum Gasteiger partial charge on any atom is 0.325 e. The normalized spacial score (nSPS) is 40.5. The molecule has 0 amide bonds. The minimum Gasteiger partial charge on any atom is -0.468 e. The molecule has 20 heavy (non-hydrogen) atoms. The molecule has 4 unspecified atom stereocenters. The summed E-state index contributed by atoms with van der Waals surface area (Å²) >= 11 is 0. The lowest BCUT2D eigenvalue weighted by molar-refractivity contribution is -0.147. The van der Waals surface area contributed by atoms with Gasteiger partial charge in [0.2, 0.25) is 0 Å². The summed E-state index contributed by atoms with van der Waals surface area (Å²) < 4.78 is 11.1. The van der Waals surface area contributed by atoms with Crippen LogP contribution in [-0.4, -0.2) is 30.8 Å². The van der Waals surface area contributed by atoms with Gasteiger partial charge < -0.3 is 15.2 Å². The van der Waals surface area contributed by atoms with Crippen LogP contribution in [-0.2, 0) is 14.3 Å². The Bertz CT molecular complexity index is 369. The fourth-order valence-electron chi connectivity index (χ4n) is 4.17. The topological polar surface area (TPSA) is 61.5 Å². The van der Waals surface area contributed by atoms with Gasteiger partial charge in [0, 0.05) is 6.42 Å². The van der Waals surface area contributed by atoms with Crippen LogP contribution >= 0.6 is 0 Å². The zero-order chi connectivity index (χ0) is 15.0. The van der Waals surface area contributed by atoms with Crippen LogP contribution in [0.5, 0.6) is 0 Å². The number of nitrogens with two attached hydrogens (primary N) is 1. The second-order valence-electron chi connectivity index (χ2n) is 7.68. The Morgan fingerprint density at radius 2 is 1.90 bits per heavy atom.